The number of aromatic nitrogens is 1. The fraction of sp³-hybridized carbons (Fsp3) is 0.316. The van der Waals surface area contributed by atoms with Gasteiger partial charge in [0.25, 0.3) is 0 Å². The van der Waals surface area contributed by atoms with E-state index in [0.717, 1.165) is 22.4 Å². The average Bonchev–Trinajstić information content (AvgIpc) is 3.72. The van der Waals surface area contributed by atoms with E-state index in [1.807, 2.05) is 93.6 Å². The topological polar surface area (TPSA) is 165 Å². The van der Waals surface area contributed by atoms with Crippen molar-refractivity contribution in [2.45, 2.75) is 64.3 Å². The SMILES string of the molecule is COC(=O)N[C@H](C(=O)N[C@@H](Cc1ccc(-c2ccccn2)cc1)[C@@H](O)C[C@H](Cc1ccccc1)NC(=O)Oc1coc2occc12)C(C)(C)C. The van der Waals surface area contributed by atoms with Crippen LogP contribution in [0.25, 0.3) is 22.4 Å². The highest BCUT2D eigenvalue weighted by Gasteiger charge is 2.36. The second-order valence-corrected chi connectivity index (χ2v) is 13.1. The van der Waals surface area contributed by atoms with Crippen molar-refractivity contribution >= 4 is 29.3 Å². The van der Waals surface area contributed by atoms with Gasteiger partial charge in [0.1, 0.15) is 17.7 Å². The molecule has 0 saturated carbocycles. The molecule has 12 heteroatoms. The zero-order valence-electron chi connectivity index (χ0n) is 28.4. The molecule has 0 saturated heterocycles. The van der Waals surface area contributed by atoms with Crippen LogP contribution in [0.4, 0.5) is 9.59 Å². The van der Waals surface area contributed by atoms with Crippen molar-refractivity contribution in [2.75, 3.05) is 7.11 Å². The number of furan rings is 2. The van der Waals surface area contributed by atoms with Crippen LogP contribution in [0.1, 0.15) is 38.3 Å². The van der Waals surface area contributed by atoms with Gasteiger partial charge in [0.05, 0.1) is 31.2 Å². The highest BCUT2D eigenvalue weighted by molar-refractivity contribution is 5.86. The van der Waals surface area contributed by atoms with Crippen molar-refractivity contribution in [2.24, 2.45) is 5.41 Å². The molecule has 3 heterocycles. The number of hydrogen-bond donors (Lipinski definition) is 4. The lowest BCUT2D eigenvalue weighted by molar-refractivity contribution is -0.127. The van der Waals surface area contributed by atoms with E-state index in [-0.39, 0.29) is 24.4 Å². The Morgan fingerprint density at radius 2 is 1.56 bits per heavy atom. The summed E-state index contributed by atoms with van der Waals surface area (Å²) in [5.41, 5.74) is 2.81. The van der Waals surface area contributed by atoms with Gasteiger partial charge in [-0.1, -0.05) is 81.4 Å². The van der Waals surface area contributed by atoms with Crippen LogP contribution in [0.15, 0.2) is 106 Å². The molecule has 0 bridgehead atoms. The van der Waals surface area contributed by atoms with Crippen molar-refractivity contribution in [1.29, 1.82) is 0 Å². The molecule has 3 amide bonds. The minimum Gasteiger partial charge on any atom is -0.453 e. The van der Waals surface area contributed by atoms with E-state index in [9.17, 15) is 19.5 Å². The molecule has 0 unspecified atom stereocenters. The molecule has 0 spiro atoms. The fourth-order valence-corrected chi connectivity index (χ4v) is 5.66. The second kappa shape index (κ2) is 16.2. The second-order valence-electron chi connectivity index (χ2n) is 13.1. The molecule has 5 aromatic rings. The van der Waals surface area contributed by atoms with Crippen LogP contribution in [0.2, 0.25) is 0 Å². The maximum Gasteiger partial charge on any atom is 0.412 e. The molecule has 0 radical (unpaired) electrons. The number of rotatable bonds is 13. The van der Waals surface area contributed by atoms with Gasteiger partial charge in [0.15, 0.2) is 5.75 Å². The van der Waals surface area contributed by atoms with Gasteiger partial charge in [-0.25, -0.2) is 9.59 Å². The molecule has 5 rings (SSSR count). The number of ether oxygens (including phenoxy) is 2. The Morgan fingerprint density at radius 3 is 2.24 bits per heavy atom. The Labute approximate surface area is 290 Å². The van der Waals surface area contributed by atoms with Gasteiger partial charge in [0, 0.05) is 17.8 Å². The molecule has 2 aromatic carbocycles. The predicted molar refractivity (Wildman–Crippen MR) is 186 cm³/mol. The molecule has 3 aromatic heterocycles. The van der Waals surface area contributed by atoms with Crippen LogP contribution in [0.3, 0.4) is 0 Å². The standard InChI is InChI=1S/C38H42N4O8/c1-38(2,3)33(42-36(45)47-4)34(44)41-30(21-25-13-15-26(16-14-25)29-12-8-9-18-39-29)31(43)22-27(20-24-10-6-5-7-11-24)40-37(46)50-32-23-49-35-28(32)17-19-48-35/h5-19,23,27,30-31,33,43H,20-22H2,1-4H3,(H,40,46)(H,41,44)(H,42,45)/t27-,30-,31-,33+/m0/s1. The highest BCUT2D eigenvalue weighted by Crippen LogP contribution is 2.29. The minimum atomic E-state index is -1.14. The third-order valence-corrected chi connectivity index (χ3v) is 8.28. The van der Waals surface area contributed by atoms with Gasteiger partial charge < -0.3 is 39.4 Å². The monoisotopic (exact) mass is 682 g/mol. The Kier molecular flexibility index (Phi) is 11.6. The largest absolute Gasteiger partial charge is 0.453 e. The van der Waals surface area contributed by atoms with Gasteiger partial charge in [-0.2, -0.15) is 0 Å². The van der Waals surface area contributed by atoms with E-state index < -0.39 is 47.7 Å². The number of amides is 3. The first-order valence-electron chi connectivity index (χ1n) is 16.3. The molecule has 0 aliphatic heterocycles. The molecule has 0 aliphatic carbocycles. The van der Waals surface area contributed by atoms with E-state index in [1.165, 1.54) is 19.6 Å². The number of carbonyl (C=O) groups excluding carboxylic acids is 3. The third kappa shape index (κ3) is 9.50. The van der Waals surface area contributed by atoms with E-state index in [4.69, 9.17) is 18.3 Å². The number of nitrogens with one attached hydrogen (secondary N) is 3. The summed E-state index contributed by atoms with van der Waals surface area (Å²) in [5.74, 6) is -0.0741. The van der Waals surface area contributed by atoms with E-state index in [1.54, 1.807) is 12.3 Å². The summed E-state index contributed by atoms with van der Waals surface area (Å²) in [7, 11) is 1.23. The first-order valence-corrected chi connectivity index (χ1v) is 16.3. The summed E-state index contributed by atoms with van der Waals surface area (Å²) in [4.78, 5) is 43.6. The van der Waals surface area contributed by atoms with Gasteiger partial charge in [0.2, 0.25) is 5.91 Å². The summed E-state index contributed by atoms with van der Waals surface area (Å²) < 4.78 is 20.8. The highest BCUT2D eigenvalue weighted by atomic mass is 16.6. The molecule has 0 aliphatic rings. The van der Waals surface area contributed by atoms with Crippen LogP contribution in [-0.2, 0) is 22.4 Å². The summed E-state index contributed by atoms with van der Waals surface area (Å²) in [6, 6.07) is 22.1. The van der Waals surface area contributed by atoms with Crippen molar-refractivity contribution in [1.82, 2.24) is 20.9 Å². The molecule has 12 nitrogen and oxygen atoms in total. The predicted octanol–water partition coefficient (Wildman–Crippen LogP) is 6.04. The lowest BCUT2D eigenvalue weighted by Crippen LogP contribution is -2.58. The summed E-state index contributed by atoms with van der Waals surface area (Å²) in [6.07, 6.45) is 2.47. The summed E-state index contributed by atoms with van der Waals surface area (Å²) in [6.45, 7) is 5.45. The molecule has 50 heavy (non-hydrogen) atoms. The average molecular weight is 683 g/mol. The number of fused-ring (bicyclic) bond motifs is 1. The number of benzene rings is 2. The number of carbonyl (C=O) groups is 3. The molecular formula is C38H42N4O8. The maximum absolute atomic E-state index is 13.8. The minimum absolute atomic E-state index is 0.0537. The van der Waals surface area contributed by atoms with Crippen LogP contribution in [0, 0.1) is 5.41 Å². The van der Waals surface area contributed by atoms with Crippen molar-refractivity contribution in [3.63, 3.8) is 0 Å². The lowest BCUT2D eigenvalue weighted by atomic mass is 9.85. The zero-order chi connectivity index (χ0) is 35.7. The molecule has 262 valence electrons. The number of pyridine rings is 1. The third-order valence-electron chi connectivity index (χ3n) is 8.28. The van der Waals surface area contributed by atoms with Gasteiger partial charge in [-0.15, -0.1) is 0 Å². The summed E-state index contributed by atoms with van der Waals surface area (Å²) in [5, 5.41) is 20.8. The first-order chi connectivity index (χ1) is 24.0. The van der Waals surface area contributed by atoms with Gasteiger partial charge in [-0.05, 0) is 54.0 Å². The van der Waals surface area contributed by atoms with Crippen LogP contribution < -0.4 is 20.7 Å². The first kappa shape index (κ1) is 35.7. The van der Waals surface area contributed by atoms with Gasteiger partial charge in [-0.3, -0.25) is 9.78 Å². The van der Waals surface area contributed by atoms with Crippen LogP contribution >= 0.6 is 0 Å². The Morgan fingerprint density at radius 1 is 0.840 bits per heavy atom. The Hall–Kier alpha value is -5.62. The molecular weight excluding hydrogens is 640 g/mol. The van der Waals surface area contributed by atoms with Crippen molar-refractivity contribution in [3.8, 4) is 17.0 Å². The fourth-order valence-electron chi connectivity index (χ4n) is 5.66. The van der Waals surface area contributed by atoms with Gasteiger partial charge >= 0.3 is 18.0 Å². The van der Waals surface area contributed by atoms with E-state index >= 15 is 0 Å². The summed E-state index contributed by atoms with van der Waals surface area (Å²) >= 11 is 0. The number of hydrogen-bond acceptors (Lipinski definition) is 9. The quantitative estimate of drug-likeness (QED) is 0.116. The van der Waals surface area contributed by atoms with Crippen molar-refractivity contribution in [3.05, 3.63) is 109 Å². The molecule has 4 atom stereocenters. The maximum atomic E-state index is 13.8. The van der Waals surface area contributed by atoms with Crippen molar-refractivity contribution < 1.29 is 37.8 Å². The smallest absolute Gasteiger partial charge is 0.412 e. The molecule has 4 N–H and O–H groups in total. The Bertz CT molecular complexity index is 1850. The molecule has 0 fully saturated rings. The number of nitrogens with zero attached hydrogens (tertiary/aromatic N) is 1. The van der Waals surface area contributed by atoms with E-state index in [2.05, 4.69) is 20.9 Å². The number of aliphatic hydroxyl groups is 1. The van der Waals surface area contributed by atoms with E-state index in [0.29, 0.717) is 11.8 Å². The lowest BCUT2D eigenvalue weighted by Gasteiger charge is -2.33. The zero-order valence-corrected chi connectivity index (χ0v) is 28.4. The normalized spacial score (nSPS) is 13.9. The number of methoxy groups -OCH3 is 1. The Balaban J connectivity index is 1.38. The number of alkyl carbamates (subject to hydrolysis) is 1. The van der Waals surface area contributed by atoms with Crippen LogP contribution in [-0.4, -0.2) is 59.5 Å². The van der Waals surface area contributed by atoms with Crippen LogP contribution in [0.5, 0.6) is 5.75 Å². The number of aliphatic hydroxyl groups excluding tert-OH is 1.